The number of fused-ring (bicyclic) bond motifs is 1. The number of thioether (sulfide) groups is 1. The summed E-state index contributed by atoms with van der Waals surface area (Å²) in [5.74, 6) is 0.490. The molecule has 0 saturated carbocycles. The Balaban J connectivity index is 1.54. The third kappa shape index (κ3) is 3.62. The van der Waals surface area contributed by atoms with Gasteiger partial charge in [0.25, 0.3) is 5.91 Å². The molecule has 1 fully saturated rings. The number of benzene rings is 1. The molecule has 2 N–H and O–H groups in total. The molecule has 3 heterocycles. The molecule has 0 radical (unpaired) electrons. The number of carbonyl (C=O) groups is 2. The lowest BCUT2D eigenvalue weighted by Crippen LogP contribution is -2.45. The summed E-state index contributed by atoms with van der Waals surface area (Å²) in [5.41, 5.74) is 1.80. The maximum absolute atomic E-state index is 12.6. The minimum atomic E-state index is -0.320. The minimum Gasteiger partial charge on any atom is -0.352 e. The highest BCUT2D eigenvalue weighted by atomic mass is 32.2. The van der Waals surface area contributed by atoms with E-state index in [1.54, 1.807) is 0 Å². The van der Waals surface area contributed by atoms with Crippen molar-refractivity contribution in [3.8, 4) is 5.69 Å². The van der Waals surface area contributed by atoms with Gasteiger partial charge in [0.2, 0.25) is 5.12 Å². The summed E-state index contributed by atoms with van der Waals surface area (Å²) < 4.78 is 1.84. The van der Waals surface area contributed by atoms with Gasteiger partial charge < -0.3 is 5.32 Å². The van der Waals surface area contributed by atoms with Crippen LogP contribution in [0.2, 0.25) is 0 Å². The van der Waals surface area contributed by atoms with E-state index < -0.39 is 0 Å². The van der Waals surface area contributed by atoms with Gasteiger partial charge >= 0.3 is 0 Å². The van der Waals surface area contributed by atoms with Gasteiger partial charge in [-0.05, 0) is 43.8 Å². The molecule has 1 aromatic carbocycles. The number of amides is 1. The van der Waals surface area contributed by atoms with Crippen molar-refractivity contribution < 1.29 is 9.59 Å². The normalized spacial score (nSPS) is 16.6. The fourth-order valence-electron chi connectivity index (χ4n) is 2.89. The topological polar surface area (TPSA) is 76.0 Å². The molecule has 1 aliphatic heterocycles. The van der Waals surface area contributed by atoms with Crippen molar-refractivity contribution in [2.75, 3.05) is 5.75 Å². The maximum Gasteiger partial charge on any atom is 0.267 e. The largest absolute Gasteiger partial charge is 0.352 e. The molecule has 138 valence electrons. The first-order valence-electron chi connectivity index (χ1n) is 8.36. The van der Waals surface area contributed by atoms with Crippen molar-refractivity contribution >= 4 is 61.7 Å². The average Bonchev–Trinajstić information content (AvgIpc) is 3.33. The number of nitrogens with one attached hydrogen (secondary N) is 2. The van der Waals surface area contributed by atoms with Gasteiger partial charge in [0, 0.05) is 11.1 Å². The van der Waals surface area contributed by atoms with Crippen molar-refractivity contribution in [3.05, 3.63) is 47.0 Å². The fourth-order valence-corrected chi connectivity index (χ4v) is 5.14. The van der Waals surface area contributed by atoms with Gasteiger partial charge in [-0.25, -0.2) is 4.68 Å². The molecule has 1 aliphatic rings. The van der Waals surface area contributed by atoms with Gasteiger partial charge in [-0.1, -0.05) is 30.0 Å². The van der Waals surface area contributed by atoms with Crippen molar-refractivity contribution in [1.29, 1.82) is 0 Å². The zero-order valence-corrected chi connectivity index (χ0v) is 16.8. The van der Waals surface area contributed by atoms with E-state index in [2.05, 4.69) is 15.7 Å². The van der Waals surface area contributed by atoms with E-state index in [1.165, 1.54) is 23.1 Å². The van der Waals surface area contributed by atoms with Crippen LogP contribution >= 0.6 is 35.3 Å². The zero-order chi connectivity index (χ0) is 19.0. The van der Waals surface area contributed by atoms with E-state index >= 15 is 0 Å². The maximum atomic E-state index is 12.6. The number of rotatable bonds is 3. The Kier molecular flexibility index (Phi) is 4.98. The Morgan fingerprint density at radius 2 is 2.11 bits per heavy atom. The molecule has 3 aromatic rings. The van der Waals surface area contributed by atoms with Crippen LogP contribution in [0.3, 0.4) is 0 Å². The van der Waals surface area contributed by atoms with Crippen LogP contribution in [-0.4, -0.2) is 37.7 Å². The molecular formula is C18H16N4O2S3. The summed E-state index contributed by atoms with van der Waals surface area (Å²) in [6.07, 6.45) is 0.717. The van der Waals surface area contributed by atoms with E-state index in [9.17, 15) is 9.59 Å². The molecule has 27 heavy (non-hydrogen) atoms. The number of aryl methyl sites for hydroxylation is 1. The molecule has 1 saturated heterocycles. The number of hydrogen-bond donors (Lipinski definition) is 2. The van der Waals surface area contributed by atoms with Crippen LogP contribution in [0.1, 0.15) is 21.8 Å². The first-order chi connectivity index (χ1) is 13.0. The monoisotopic (exact) mass is 416 g/mol. The van der Waals surface area contributed by atoms with Gasteiger partial charge in [-0.15, -0.1) is 11.3 Å². The highest BCUT2D eigenvalue weighted by molar-refractivity contribution is 8.14. The Morgan fingerprint density at radius 1 is 1.33 bits per heavy atom. The van der Waals surface area contributed by atoms with Crippen LogP contribution in [0.25, 0.3) is 15.9 Å². The van der Waals surface area contributed by atoms with Crippen molar-refractivity contribution in [2.24, 2.45) is 0 Å². The Hall–Kier alpha value is -2.23. The molecule has 1 amide bonds. The van der Waals surface area contributed by atoms with Gasteiger partial charge in [-0.3, -0.25) is 14.9 Å². The number of hydrogen-bond acceptors (Lipinski definition) is 6. The third-order valence-electron chi connectivity index (χ3n) is 4.24. The lowest BCUT2D eigenvalue weighted by molar-refractivity contribution is -0.112. The molecule has 6 nitrogen and oxygen atoms in total. The van der Waals surface area contributed by atoms with Gasteiger partial charge in [0.15, 0.2) is 5.11 Å². The molecule has 0 aliphatic carbocycles. The SMILES string of the molecule is Cc1nn(-c2ccccc2)c2sc(C(=O)NC(=S)NC3CCSC3=O)cc12. The lowest BCUT2D eigenvalue weighted by atomic mass is 10.2. The Bertz CT molecular complexity index is 1040. The van der Waals surface area contributed by atoms with E-state index in [-0.39, 0.29) is 22.2 Å². The predicted molar refractivity (Wildman–Crippen MR) is 113 cm³/mol. The zero-order valence-electron chi connectivity index (χ0n) is 14.4. The number of para-hydroxylation sites is 1. The van der Waals surface area contributed by atoms with Crippen LogP contribution in [0.4, 0.5) is 0 Å². The molecule has 4 rings (SSSR count). The minimum absolute atomic E-state index is 0.0621. The quantitative estimate of drug-likeness (QED) is 0.639. The second kappa shape index (κ2) is 7.41. The molecule has 1 unspecified atom stereocenters. The summed E-state index contributed by atoms with van der Waals surface area (Å²) in [7, 11) is 0. The Morgan fingerprint density at radius 3 is 2.81 bits per heavy atom. The van der Waals surface area contributed by atoms with E-state index in [0.29, 0.717) is 11.3 Å². The summed E-state index contributed by atoms with van der Waals surface area (Å²) in [6, 6.07) is 11.3. The van der Waals surface area contributed by atoms with E-state index in [1.807, 2.05) is 48.0 Å². The van der Waals surface area contributed by atoms with Crippen molar-refractivity contribution in [1.82, 2.24) is 20.4 Å². The van der Waals surface area contributed by atoms with Crippen LogP contribution in [0.5, 0.6) is 0 Å². The second-order valence-electron chi connectivity index (χ2n) is 6.10. The van der Waals surface area contributed by atoms with Crippen molar-refractivity contribution in [2.45, 2.75) is 19.4 Å². The summed E-state index contributed by atoms with van der Waals surface area (Å²) in [4.78, 5) is 25.7. The van der Waals surface area contributed by atoms with Crippen LogP contribution in [0, 0.1) is 6.92 Å². The van der Waals surface area contributed by atoms with Gasteiger partial charge in [0.05, 0.1) is 22.3 Å². The van der Waals surface area contributed by atoms with Crippen molar-refractivity contribution in [3.63, 3.8) is 0 Å². The van der Waals surface area contributed by atoms with Gasteiger partial charge in [0.1, 0.15) is 4.83 Å². The highest BCUT2D eigenvalue weighted by Crippen LogP contribution is 2.30. The molecule has 1 atom stereocenters. The van der Waals surface area contributed by atoms with Crippen LogP contribution in [-0.2, 0) is 4.79 Å². The standard InChI is InChI=1S/C18H16N4O2S3/c1-10-12-9-14(15(23)20-18(25)19-13-7-8-26-17(13)24)27-16(12)22(21-10)11-5-3-2-4-6-11/h2-6,9,13H,7-8H2,1H3,(H2,19,20,23,25). The Labute approximate surface area is 169 Å². The number of thiocarbonyl (C=S) groups is 1. The summed E-state index contributed by atoms with van der Waals surface area (Å²) in [6.45, 7) is 1.92. The molecule has 2 aromatic heterocycles. The first kappa shape index (κ1) is 18.1. The first-order valence-corrected chi connectivity index (χ1v) is 10.6. The molecular weight excluding hydrogens is 400 g/mol. The van der Waals surface area contributed by atoms with Crippen LogP contribution in [0.15, 0.2) is 36.4 Å². The summed E-state index contributed by atoms with van der Waals surface area (Å²) >= 11 is 7.84. The predicted octanol–water partition coefficient (Wildman–Crippen LogP) is 3.03. The van der Waals surface area contributed by atoms with E-state index in [4.69, 9.17) is 12.2 Å². The summed E-state index contributed by atoms with van der Waals surface area (Å²) in [5, 5.41) is 11.4. The number of aromatic nitrogens is 2. The van der Waals surface area contributed by atoms with Crippen LogP contribution < -0.4 is 10.6 Å². The fraction of sp³-hybridized carbons (Fsp3) is 0.222. The molecule has 0 bridgehead atoms. The average molecular weight is 417 g/mol. The number of thiophene rings is 1. The number of carbonyl (C=O) groups excluding carboxylic acids is 2. The second-order valence-corrected chi connectivity index (χ2v) is 8.64. The molecule has 0 spiro atoms. The lowest BCUT2D eigenvalue weighted by Gasteiger charge is -2.12. The smallest absolute Gasteiger partial charge is 0.267 e. The molecule has 9 heteroatoms. The number of nitrogens with zero attached hydrogens (tertiary/aromatic N) is 2. The van der Waals surface area contributed by atoms with Gasteiger partial charge in [-0.2, -0.15) is 5.10 Å². The highest BCUT2D eigenvalue weighted by Gasteiger charge is 2.26. The third-order valence-corrected chi connectivity index (χ3v) is 6.58. The van der Waals surface area contributed by atoms with E-state index in [0.717, 1.165) is 27.4 Å².